The van der Waals surface area contributed by atoms with E-state index in [1.165, 1.54) is 4.68 Å². The van der Waals surface area contributed by atoms with E-state index in [0.29, 0.717) is 32.8 Å². The molecular formula is C19H25N3O3. The molecule has 0 saturated carbocycles. The van der Waals surface area contributed by atoms with E-state index >= 15 is 0 Å². The smallest absolute Gasteiger partial charge is 0.267 e. The molecule has 1 aliphatic rings. The van der Waals surface area contributed by atoms with E-state index < -0.39 is 6.10 Å². The minimum absolute atomic E-state index is 0.0603. The number of ether oxygens (including phenoxy) is 1. The van der Waals surface area contributed by atoms with Gasteiger partial charge in [-0.1, -0.05) is 30.3 Å². The fourth-order valence-electron chi connectivity index (χ4n) is 3.12. The van der Waals surface area contributed by atoms with E-state index in [1.807, 2.05) is 37.3 Å². The van der Waals surface area contributed by atoms with Crippen molar-refractivity contribution < 1.29 is 9.84 Å². The van der Waals surface area contributed by atoms with Gasteiger partial charge in [0.15, 0.2) is 0 Å². The van der Waals surface area contributed by atoms with Crippen LogP contribution in [-0.2, 0) is 30.9 Å². The van der Waals surface area contributed by atoms with Crippen LogP contribution in [0.25, 0.3) is 0 Å². The summed E-state index contributed by atoms with van der Waals surface area (Å²) >= 11 is 0. The summed E-state index contributed by atoms with van der Waals surface area (Å²) in [5.41, 5.74) is 3.00. The molecule has 25 heavy (non-hydrogen) atoms. The number of aryl methyl sites for hydroxylation is 1. The Morgan fingerprint density at radius 2 is 2.12 bits per heavy atom. The van der Waals surface area contributed by atoms with E-state index in [0.717, 1.165) is 29.8 Å². The van der Waals surface area contributed by atoms with E-state index in [4.69, 9.17) is 4.74 Å². The fourth-order valence-corrected chi connectivity index (χ4v) is 3.12. The Bertz CT molecular complexity index is 745. The van der Waals surface area contributed by atoms with Crippen molar-refractivity contribution in [1.82, 2.24) is 14.7 Å². The number of β-amino-alcohol motifs (C(OH)–C–C–N with tert-alkyl or cyclic N) is 1. The second-order valence-electron chi connectivity index (χ2n) is 6.41. The zero-order valence-corrected chi connectivity index (χ0v) is 14.6. The van der Waals surface area contributed by atoms with Gasteiger partial charge in [-0.3, -0.25) is 9.69 Å². The van der Waals surface area contributed by atoms with Crippen LogP contribution in [0.1, 0.15) is 23.7 Å². The zero-order chi connectivity index (χ0) is 17.6. The van der Waals surface area contributed by atoms with Gasteiger partial charge < -0.3 is 9.84 Å². The number of aliphatic hydroxyl groups is 1. The van der Waals surface area contributed by atoms with Crippen LogP contribution in [0.4, 0.5) is 0 Å². The predicted octanol–water partition coefficient (Wildman–Crippen LogP) is 1.20. The van der Waals surface area contributed by atoms with Crippen LogP contribution in [0.3, 0.4) is 0 Å². The Kier molecular flexibility index (Phi) is 5.96. The molecule has 0 amide bonds. The van der Waals surface area contributed by atoms with E-state index in [2.05, 4.69) is 10.00 Å². The van der Waals surface area contributed by atoms with Crippen LogP contribution in [-0.4, -0.2) is 45.6 Å². The molecule has 0 bridgehead atoms. The van der Waals surface area contributed by atoms with Crippen molar-refractivity contribution in [3.8, 4) is 0 Å². The first kappa shape index (κ1) is 17.8. The molecule has 0 aliphatic carbocycles. The second-order valence-corrected chi connectivity index (χ2v) is 6.41. The molecule has 0 saturated heterocycles. The van der Waals surface area contributed by atoms with Gasteiger partial charge in [-0.05, 0) is 18.1 Å². The molecule has 1 aromatic heterocycles. The first-order valence-electron chi connectivity index (χ1n) is 8.77. The van der Waals surface area contributed by atoms with Gasteiger partial charge in [-0.25, -0.2) is 4.68 Å². The van der Waals surface area contributed by atoms with Gasteiger partial charge in [0.1, 0.15) is 0 Å². The lowest BCUT2D eigenvalue weighted by Crippen LogP contribution is -2.40. The van der Waals surface area contributed by atoms with Gasteiger partial charge in [0.2, 0.25) is 0 Å². The number of rotatable bonds is 7. The zero-order valence-electron chi connectivity index (χ0n) is 14.6. The van der Waals surface area contributed by atoms with Gasteiger partial charge >= 0.3 is 0 Å². The maximum absolute atomic E-state index is 11.9. The first-order valence-corrected chi connectivity index (χ1v) is 8.77. The third-order valence-corrected chi connectivity index (χ3v) is 4.41. The average Bonchev–Trinajstić information content (AvgIpc) is 2.62. The Morgan fingerprint density at radius 3 is 2.88 bits per heavy atom. The minimum atomic E-state index is -0.547. The summed E-state index contributed by atoms with van der Waals surface area (Å²) in [5, 5.41) is 14.6. The van der Waals surface area contributed by atoms with Gasteiger partial charge in [0.05, 0.1) is 25.0 Å². The Hall–Kier alpha value is -2.02. The summed E-state index contributed by atoms with van der Waals surface area (Å²) in [4.78, 5) is 14.1. The largest absolute Gasteiger partial charge is 0.389 e. The summed E-state index contributed by atoms with van der Waals surface area (Å²) in [6.07, 6.45) is 0.252. The van der Waals surface area contributed by atoms with Crippen LogP contribution >= 0.6 is 0 Å². The highest BCUT2D eigenvalue weighted by Crippen LogP contribution is 2.15. The summed E-state index contributed by atoms with van der Waals surface area (Å²) in [6, 6.07) is 11.6. The third-order valence-electron chi connectivity index (χ3n) is 4.41. The monoisotopic (exact) mass is 343 g/mol. The highest BCUT2D eigenvalue weighted by Gasteiger charge is 2.21. The van der Waals surface area contributed by atoms with Crippen LogP contribution < -0.4 is 5.56 Å². The van der Waals surface area contributed by atoms with E-state index in [-0.39, 0.29) is 5.56 Å². The van der Waals surface area contributed by atoms with Gasteiger partial charge in [0, 0.05) is 38.7 Å². The molecule has 134 valence electrons. The maximum atomic E-state index is 11.9. The third kappa shape index (κ3) is 4.75. The normalized spacial score (nSPS) is 15.8. The standard InChI is InChI=1S/C19H25N3O3/c1-2-22-19(24)10-16-11-21(9-8-18(16)20-22)12-17(23)14-25-13-15-6-4-3-5-7-15/h3-7,10,17,23H,2,8-9,11-14H2,1H3/t17-/m0/s1. The summed E-state index contributed by atoms with van der Waals surface area (Å²) in [7, 11) is 0. The van der Waals surface area contributed by atoms with Gasteiger partial charge in [-0.15, -0.1) is 0 Å². The molecule has 1 aliphatic heterocycles. The molecule has 3 rings (SSSR count). The molecule has 6 nitrogen and oxygen atoms in total. The Balaban J connectivity index is 1.49. The van der Waals surface area contributed by atoms with E-state index in [9.17, 15) is 9.90 Å². The summed E-state index contributed by atoms with van der Waals surface area (Å²) in [5.74, 6) is 0. The van der Waals surface area contributed by atoms with Crippen molar-refractivity contribution in [3.63, 3.8) is 0 Å². The molecule has 0 spiro atoms. The number of hydrogen-bond donors (Lipinski definition) is 1. The van der Waals surface area contributed by atoms with Crippen molar-refractivity contribution in [2.24, 2.45) is 0 Å². The number of nitrogens with zero attached hydrogens (tertiary/aromatic N) is 3. The molecule has 0 unspecified atom stereocenters. The molecule has 1 atom stereocenters. The van der Waals surface area contributed by atoms with Crippen molar-refractivity contribution in [1.29, 1.82) is 0 Å². The van der Waals surface area contributed by atoms with Crippen LogP contribution in [0, 0.1) is 0 Å². The molecule has 0 fully saturated rings. The van der Waals surface area contributed by atoms with E-state index in [1.54, 1.807) is 6.07 Å². The topological polar surface area (TPSA) is 67.6 Å². The lowest BCUT2D eigenvalue weighted by molar-refractivity contribution is 0.00757. The minimum Gasteiger partial charge on any atom is -0.389 e. The van der Waals surface area contributed by atoms with Crippen LogP contribution in [0.15, 0.2) is 41.2 Å². The first-order chi connectivity index (χ1) is 12.2. The molecule has 0 radical (unpaired) electrons. The van der Waals surface area contributed by atoms with Crippen LogP contribution in [0.5, 0.6) is 0 Å². The molecular weight excluding hydrogens is 318 g/mol. The van der Waals surface area contributed by atoms with Crippen molar-refractivity contribution >= 4 is 0 Å². The van der Waals surface area contributed by atoms with Crippen molar-refractivity contribution in [2.45, 2.75) is 39.1 Å². The quantitative estimate of drug-likeness (QED) is 0.818. The van der Waals surface area contributed by atoms with Crippen molar-refractivity contribution in [3.05, 3.63) is 63.6 Å². The molecule has 6 heteroatoms. The maximum Gasteiger partial charge on any atom is 0.267 e. The number of benzene rings is 1. The summed E-state index contributed by atoms with van der Waals surface area (Å²) < 4.78 is 7.10. The lowest BCUT2D eigenvalue weighted by atomic mass is 10.1. The lowest BCUT2D eigenvalue weighted by Gasteiger charge is -2.29. The Labute approximate surface area is 147 Å². The highest BCUT2D eigenvalue weighted by atomic mass is 16.5. The van der Waals surface area contributed by atoms with Gasteiger partial charge in [0.25, 0.3) is 5.56 Å². The average molecular weight is 343 g/mol. The Morgan fingerprint density at radius 1 is 1.32 bits per heavy atom. The predicted molar refractivity (Wildman–Crippen MR) is 95.3 cm³/mol. The second kappa shape index (κ2) is 8.38. The molecule has 2 heterocycles. The molecule has 1 N–H and O–H groups in total. The number of hydrogen-bond acceptors (Lipinski definition) is 5. The molecule has 1 aromatic carbocycles. The summed E-state index contributed by atoms with van der Waals surface area (Å²) in [6.45, 7) is 5.32. The van der Waals surface area contributed by atoms with Gasteiger partial charge in [-0.2, -0.15) is 5.10 Å². The number of fused-ring (bicyclic) bond motifs is 1. The fraction of sp³-hybridized carbons (Fsp3) is 0.474. The van der Waals surface area contributed by atoms with Crippen LogP contribution in [0.2, 0.25) is 0 Å². The highest BCUT2D eigenvalue weighted by molar-refractivity contribution is 5.20. The number of aromatic nitrogens is 2. The molecule has 2 aromatic rings. The SMILES string of the molecule is CCn1nc2c(cc1=O)CN(C[C@H](O)COCc1ccccc1)CC2. The number of aliphatic hydroxyl groups excluding tert-OH is 1. The van der Waals surface area contributed by atoms with Crippen molar-refractivity contribution in [2.75, 3.05) is 19.7 Å².